The largest absolute Gasteiger partial charge is 0.400 e. The molecule has 0 bridgehead atoms. The Bertz CT molecular complexity index is 444. The molecule has 0 atom stereocenters. The van der Waals surface area contributed by atoms with Crippen LogP contribution in [0.25, 0.3) is 0 Å². The van der Waals surface area contributed by atoms with Gasteiger partial charge in [-0.2, -0.15) is 0 Å². The Kier molecular flexibility index (Phi) is 49.3. The normalized spacial score (nSPS) is 13.5. The molecule has 1 rings (SSSR count). The lowest BCUT2D eigenvalue weighted by Gasteiger charge is -2.35. The fourth-order valence-electron chi connectivity index (χ4n) is 5.95. The summed E-state index contributed by atoms with van der Waals surface area (Å²) in [7, 11) is 1.00. The van der Waals surface area contributed by atoms with Crippen molar-refractivity contribution in [1.82, 2.24) is 14.7 Å². The van der Waals surface area contributed by atoms with Crippen LogP contribution in [0.1, 0.15) is 196 Å². The monoisotopic (exact) mass is 628 g/mol. The zero-order valence-electron chi connectivity index (χ0n) is 32.4. The van der Waals surface area contributed by atoms with Crippen molar-refractivity contribution in [3.8, 4) is 0 Å². The molecular weight excluding hydrogens is 538 g/mol. The van der Waals surface area contributed by atoms with Gasteiger partial charge in [0.25, 0.3) is 0 Å². The van der Waals surface area contributed by atoms with Gasteiger partial charge in [-0.15, -0.1) is 0 Å². The van der Waals surface area contributed by atoms with Gasteiger partial charge in [-0.25, -0.2) is 0 Å². The molecule has 0 aromatic carbocycles. The third kappa shape index (κ3) is 38.0. The highest BCUT2D eigenvalue weighted by molar-refractivity contribution is 4.72. The van der Waals surface area contributed by atoms with Gasteiger partial charge in [0.05, 0.1) is 0 Å². The SMILES string of the molecule is CC.CCCCCCCCCCCC.CCCCCCCCCCCCCCCN(CC)CCN1CCN(CC)CC1.CO. The Morgan fingerprint density at radius 3 is 1.00 bits per heavy atom. The zero-order chi connectivity index (χ0) is 33.4. The molecule has 0 spiro atoms. The molecule has 4 nitrogen and oxygen atoms in total. The van der Waals surface area contributed by atoms with Crippen LogP contribution in [-0.2, 0) is 0 Å². The molecule has 0 amide bonds. The van der Waals surface area contributed by atoms with E-state index in [1.165, 1.54) is 207 Å². The maximum atomic E-state index is 7.00. The third-order valence-electron chi connectivity index (χ3n) is 9.13. The van der Waals surface area contributed by atoms with Gasteiger partial charge in [-0.05, 0) is 26.1 Å². The quantitative estimate of drug-likeness (QED) is 0.0874. The van der Waals surface area contributed by atoms with E-state index >= 15 is 0 Å². The maximum absolute atomic E-state index is 7.00. The molecule has 0 aromatic rings. The predicted octanol–water partition coefficient (Wildman–Crippen LogP) is 11.6. The fourth-order valence-corrected chi connectivity index (χ4v) is 5.95. The molecule has 270 valence electrons. The molecule has 0 aliphatic carbocycles. The lowest BCUT2D eigenvalue weighted by Crippen LogP contribution is -2.48. The van der Waals surface area contributed by atoms with Crippen LogP contribution in [0, 0.1) is 0 Å². The van der Waals surface area contributed by atoms with Crippen LogP contribution in [-0.4, -0.2) is 85.8 Å². The van der Waals surface area contributed by atoms with Crippen LogP contribution >= 0.6 is 0 Å². The van der Waals surface area contributed by atoms with Gasteiger partial charge in [0.1, 0.15) is 0 Å². The Morgan fingerprint density at radius 1 is 0.409 bits per heavy atom. The third-order valence-corrected chi connectivity index (χ3v) is 9.13. The van der Waals surface area contributed by atoms with Crippen LogP contribution in [0.5, 0.6) is 0 Å². The molecule has 4 heteroatoms. The fraction of sp³-hybridized carbons (Fsp3) is 1.00. The summed E-state index contributed by atoms with van der Waals surface area (Å²) in [6.07, 6.45) is 33.3. The number of rotatable bonds is 28. The second kappa shape index (κ2) is 45.0. The van der Waals surface area contributed by atoms with E-state index in [1.54, 1.807) is 0 Å². The summed E-state index contributed by atoms with van der Waals surface area (Å²) in [6, 6.07) is 0. The van der Waals surface area contributed by atoms with Gasteiger partial charge >= 0.3 is 0 Å². The van der Waals surface area contributed by atoms with Crippen molar-refractivity contribution < 1.29 is 5.11 Å². The van der Waals surface area contributed by atoms with Crippen molar-refractivity contribution in [2.75, 3.05) is 66.0 Å². The molecule has 1 aliphatic heterocycles. The average molecular weight is 628 g/mol. The molecule has 0 saturated carbocycles. The van der Waals surface area contributed by atoms with E-state index in [-0.39, 0.29) is 0 Å². The van der Waals surface area contributed by atoms with E-state index in [1.807, 2.05) is 13.8 Å². The summed E-state index contributed by atoms with van der Waals surface area (Å²) in [5.74, 6) is 0. The molecule has 0 unspecified atom stereocenters. The minimum absolute atomic E-state index is 1.00. The minimum atomic E-state index is 1.00. The first kappa shape index (κ1) is 48.2. The van der Waals surface area contributed by atoms with Crippen molar-refractivity contribution in [3.63, 3.8) is 0 Å². The highest BCUT2D eigenvalue weighted by Crippen LogP contribution is 2.13. The van der Waals surface area contributed by atoms with E-state index < -0.39 is 0 Å². The highest BCUT2D eigenvalue weighted by atomic mass is 16.2. The average Bonchev–Trinajstić information content (AvgIpc) is 3.08. The number of unbranched alkanes of at least 4 members (excludes halogenated alkanes) is 21. The lowest BCUT2D eigenvalue weighted by molar-refractivity contribution is 0.123. The van der Waals surface area contributed by atoms with Crippen LogP contribution in [0.3, 0.4) is 0 Å². The van der Waals surface area contributed by atoms with Gasteiger partial charge in [0, 0.05) is 46.4 Å². The van der Waals surface area contributed by atoms with Crippen molar-refractivity contribution in [2.24, 2.45) is 0 Å². The van der Waals surface area contributed by atoms with E-state index in [9.17, 15) is 0 Å². The number of aliphatic hydroxyl groups excluding tert-OH is 1. The molecule has 1 aliphatic rings. The molecule has 1 fully saturated rings. The first-order chi connectivity index (χ1) is 21.7. The van der Waals surface area contributed by atoms with Crippen molar-refractivity contribution in [3.05, 3.63) is 0 Å². The number of aliphatic hydroxyl groups is 1. The predicted molar refractivity (Wildman–Crippen MR) is 203 cm³/mol. The van der Waals surface area contributed by atoms with Gasteiger partial charge in [-0.3, -0.25) is 4.90 Å². The molecule has 1 heterocycles. The molecule has 1 N–H and O–H groups in total. The smallest absolute Gasteiger partial charge is 0.0319 e. The van der Waals surface area contributed by atoms with Gasteiger partial charge in [0.15, 0.2) is 0 Å². The van der Waals surface area contributed by atoms with Crippen LogP contribution < -0.4 is 0 Å². The van der Waals surface area contributed by atoms with Gasteiger partial charge in [-0.1, -0.05) is 190 Å². The number of piperazine rings is 1. The molecule has 0 radical (unpaired) electrons. The number of hydrogen-bond donors (Lipinski definition) is 1. The van der Waals surface area contributed by atoms with Gasteiger partial charge in [0.2, 0.25) is 0 Å². The standard InChI is InChI=1S/C25H53N3.C12H26.C2H6.CH4O/c1-4-7-8-9-10-11-12-13-14-15-16-17-18-19-26(5-2)20-23-28-24-21-27(6-3)22-25-28;1-3-5-7-9-11-12-10-8-6-4-2;2*1-2/h4-25H2,1-3H3;3-12H2,1-2H3;1-2H3;2H,1H3. The number of likely N-dealkylation sites (N-methyl/N-ethyl adjacent to an activating group) is 2. The second-order valence-corrected chi connectivity index (χ2v) is 12.8. The Hall–Kier alpha value is -0.160. The summed E-state index contributed by atoms with van der Waals surface area (Å²) in [5.41, 5.74) is 0. The molecule has 1 saturated heterocycles. The first-order valence-corrected chi connectivity index (χ1v) is 20.3. The van der Waals surface area contributed by atoms with E-state index in [0.29, 0.717) is 0 Å². The maximum Gasteiger partial charge on any atom is 0.0319 e. The van der Waals surface area contributed by atoms with E-state index in [2.05, 4.69) is 49.3 Å². The second-order valence-electron chi connectivity index (χ2n) is 12.8. The summed E-state index contributed by atoms with van der Waals surface area (Å²) in [5, 5.41) is 7.00. The summed E-state index contributed by atoms with van der Waals surface area (Å²) < 4.78 is 0. The summed E-state index contributed by atoms with van der Waals surface area (Å²) >= 11 is 0. The van der Waals surface area contributed by atoms with Crippen LogP contribution in [0.4, 0.5) is 0 Å². The Balaban J connectivity index is -0.000000878. The van der Waals surface area contributed by atoms with Crippen LogP contribution in [0.15, 0.2) is 0 Å². The van der Waals surface area contributed by atoms with Crippen molar-refractivity contribution >= 4 is 0 Å². The molecule has 0 aromatic heterocycles. The van der Waals surface area contributed by atoms with Crippen LogP contribution in [0.2, 0.25) is 0 Å². The number of nitrogens with zero attached hydrogens (tertiary/aromatic N) is 3. The topological polar surface area (TPSA) is 30.0 Å². The van der Waals surface area contributed by atoms with Crippen molar-refractivity contribution in [1.29, 1.82) is 0 Å². The zero-order valence-corrected chi connectivity index (χ0v) is 32.4. The van der Waals surface area contributed by atoms with Gasteiger partial charge < -0.3 is 14.9 Å². The highest BCUT2D eigenvalue weighted by Gasteiger charge is 2.15. The van der Waals surface area contributed by atoms with E-state index in [4.69, 9.17) is 5.11 Å². The Labute approximate surface area is 281 Å². The van der Waals surface area contributed by atoms with E-state index in [0.717, 1.165) is 7.11 Å². The molecule has 44 heavy (non-hydrogen) atoms. The van der Waals surface area contributed by atoms with Crippen molar-refractivity contribution in [2.45, 2.75) is 196 Å². The molecular formula is C40H89N3O. The first-order valence-electron chi connectivity index (χ1n) is 20.3. The lowest BCUT2D eigenvalue weighted by atomic mass is 10.0. The Morgan fingerprint density at radius 2 is 0.705 bits per heavy atom. The minimum Gasteiger partial charge on any atom is -0.400 e. The summed E-state index contributed by atoms with van der Waals surface area (Å²) in [4.78, 5) is 7.91. The number of hydrogen-bond acceptors (Lipinski definition) is 4. The summed E-state index contributed by atoms with van der Waals surface area (Å²) in [6.45, 7) is 26.8.